The zero-order valence-corrected chi connectivity index (χ0v) is 15.6. The van der Waals surface area contributed by atoms with Gasteiger partial charge in [0.25, 0.3) is 0 Å². The van der Waals surface area contributed by atoms with Gasteiger partial charge in [-0.25, -0.2) is 4.31 Å². The van der Waals surface area contributed by atoms with E-state index in [1.54, 1.807) is 19.1 Å². The van der Waals surface area contributed by atoms with E-state index < -0.39 is 0 Å². The van der Waals surface area contributed by atoms with Gasteiger partial charge in [-0.2, -0.15) is 0 Å². The molecule has 0 bridgehead atoms. The van der Waals surface area contributed by atoms with Gasteiger partial charge in [-0.15, -0.1) is 10.2 Å². The Bertz CT molecular complexity index is 814. The molecule has 3 aromatic rings. The number of rotatable bonds is 8. The second-order valence-corrected chi connectivity index (χ2v) is 6.69. The summed E-state index contributed by atoms with van der Waals surface area (Å²) in [4.78, 5) is 1.17. The summed E-state index contributed by atoms with van der Waals surface area (Å²) in [5.41, 5.74) is 1.99. The fourth-order valence-corrected chi connectivity index (χ4v) is 3.31. The number of benzene rings is 1. The molecule has 0 radical (unpaired) electrons. The van der Waals surface area contributed by atoms with Gasteiger partial charge in [0.1, 0.15) is 5.75 Å². The first-order valence-electron chi connectivity index (χ1n) is 8.38. The molecular formula is C18H23N5OS. The van der Waals surface area contributed by atoms with E-state index in [0.717, 1.165) is 36.0 Å². The molecule has 0 amide bonds. The molecule has 0 saturated carbocycles. The fraction of sp³-hybridized carbons (Fsp3) is 0.333. The number of hydrogen-bond acceptors (Lipinski definition) is 6. The normalized spacial score (nSPS) is 11.2. The summed E-state index contributed by atoms with van der Waals surface area (Å²) >= 11 is 1.75. The number of aromatic nitrogens is 3. The van der Waals surface area contributed by atoms with Crippen LogP contribution in [0.5, 0.6) is 5.75 Å². The third-order valence-electron chi connectivity index (χ3n) is 3.92. The van der Waals surface area contributed by atoms with Gasteiger partial charge >= 0.3 is 0 Å². The highest BCUT2D eigenvalue weighted by Gasteiger charge is 2.08. The largest absolute Gasteiger partial charge is 0.497 e. The standard InChI is InChI=1S/C18H23N5OS/c1-4-22(5-2)25-16-10-11-17-20-21-18(23(17)13-16)19-12-14-6-8-15(24-3)9-7-14/h6-11,13H,4-5,12H2,1-3H3,(H,19,21). The van der Waals surface area contributed by atoms with Crippen molar-refractivity contribution in [3.05, 3.63) is 48.2 Å². The van der Waals surface area contributed by atoms with Crippen LogP contribution in [0.4, 0.5) is 5.95 Å². The lowest BCUT2D eigenvalue weighted by atomic mass is 10.2. The third-order valence-corrected chi connectivity index (χ3v) is 5.15. The number of ether oxygens (including phenoxy) is 1. The van der Waals surface area contributed by atoms with Crippen molar-refractivity contribution in [1.82, 2.24) is 18.9 Å². The van der Waals surface area contributed by atoms with Crippen molar-refractivity contribution in [3.63, 3.8) is 0 Å². The Hall–Kier alpha value is -2.25. The van der Waals surface area contributed by atoms with E-state index >= 15 is 0 Å². The predicted octanol–water partition coefficient (Wildman–Crippen LogP) is 3.70. The van der Waals surface area contributed by atoms with E-state index in [-0.39, 0.29) is 0 Å². The number of nitrogens with one attached hydrogen (secondary N) is 1. The average Bonchev–Trinajstić information content (AvgIpc) is 3.07. The molecule has 2 heterocycles. The van der Waals surface area contributed by atoms with Crippen molar-refractivity contribution in [3.8, 4) is 5.75 Å². The highest BCUT2D eigenvalue weighted by atomic mass is 32.2. The molecule has 6 nitrogen and oxygen atoms in total. The maximum Gasteiger partial charge on any atom is 0.229 e. The van der Waals surface area contributed by atoms with Gasteiger partial charge in [-0.3, -0.25) is 4.40 Å². The van der Waals surface area contributed by atoms with E-state index in [1.165, 1.54) is 4.90 Å². The topological polar surface area (TPSA) is 54.7 Å². The molecule has 0 fully saturated rings. The summed E-state index contributed by atoms with van der Waals surface area (Å²) in [7, 11) is 1.67. The molecule has 25 heavy (non-hydrogen) atoms. The van der Waals surface area contributed by atoms with Crippen LogP contribution in [0, 0.1) is 0 Å². The smallest absolute Gasteiger partial charge is 0.229 e. The first kappa shape index (κ1) is 17.6. The monoisotopic (exact) mass is 357 g/mol. The first-order valence-corrected chi connectivity index (χ1v) is 9.15. The Morgan fingerprint density at radius 1 is 1.08 bits per heavy atom. The Kier molecular flexibility index (Phi) is 5.78. The second kappa shape index (κ2) is 8.22. The highest BCUT2D eigenvalue weighted by molar-refractivity contribution is 7.97. The van der Waals surface area contributed by atoms with Crippen molar-refractivity contribution in [1.29, 1.82) is 0 Å². The van der Waals surface area contributed by atoms with Gasteiger partial charge in [-0.05, 0) is 41.8 Å². The summed E-state index contributed by atoms with van der Waals surface area (Å²) < 4.78 is 9.48. The highest BCUT2D eigenvalue weighted by Crippen LogP contribution is 2.23. The van der Waals surface area contributed by atoms with E-state index in [9.17, 15) is 0 Å². The molecule has 2 aromatic heterocycles. The van der Waals surface area contributed by atoms with Gasteiger partial charge in [0.15, 0.2) is 5.65 Å². The summed E-state index contributed by atoms with van der Waals surface area (Å²) in [5.74, 6) is 1.60. The average molecular weight is 357 g/mol. The van der Waals surface area contributed by atoms with Crippen LogP contribution < -0.4 is 10.1 Å². The number of fused-ring (bicyclic) bond motifs is 1. The molecule has 0 aliphatic rings. The van der Waals surface area contributed by atoms with Crippen molar-refractivity contribution >= 4 is 23.5 Å². The second-order valence-electron chi connectivity index (χ2n) is 5.52. The minimum Gasteiger partial charge on any atom is -0.497 e. The lowest BCUT2D eigenvalue weighted by molar-refractivity contribution is 0.414. The summed E-state index contributed by atoms with van der Waals surface area (Å²) in [6.45, 7) is 7.01. The van der Waals surface area contributed by atoms with Crippen LogP contribution in [-0.4, -0.2) is 39.1 Å². The zero-order valence-electron chi connectivity index (χ0n) is 14.8. The Morgan fingerprint density at radius 2 is 1.84 bits per heavy atom. The van der Waals surface area contributed by atoms with E-state index in [2.05, 4.69) is 45.9 Å². The van der Waals surface area contributed by atoms with Crippen LogP contribution in [-0.2, 0) is 6.54 Å². The summed E-state index contributed by atoms with van der Waals surface area (Å²) in [5, 5.41) is 11.8. The van der Waals surface area contributed by atoms with E-state index in [1.807, 2.05) is 34.7 Å². The Balaban J connectivity index is 1.74. The SMILES string of the molecule is CCN(CC)Sc1ccc2nnc(NCc3ccc(OC)cc3)n2c1. The molecule has 0 aliphatic carbocycles. The molecule has 0 spiro atoms. The molecule has 0 unspecified atom stereocenters. The van der Waals surface area contributed by atoms with Gasteiger partial charge in [0.05, 0.1) is 7.11 Å². The number of nitrogens with zero attached hydrogens (tertiary/aromatic N) is 4. The van der Waals surface area contributed by atoms with Gasteiger partial charge in [0, 0.05) is 30.7 Å². The minimum absolute atomic E-state index is 0.679. The minimum atomic E-state index is 0.679. The van der Waals surface area contributed by atoms with Crippen LogP contribution >= 0.6 is 11.9 Å². The quantitative estimate of drug-likeness (QED) is 0.621. The maximum atomic E-state index is 5.19. The third kappa shape index (κ3) is 4.24. The van der Waals surface area contributed by atoms with Crippen molar-refractivity contribution in [2.24, 2.45) is 0 Å². The molecule has 0 saturated heterocycles. The van der Waals surface area contributed by atoms with E-state index in [4.69, 9.17) is 4.74 Å². The molecule has 3 rings (SSSR count). The first-order chi connectivity index (χ1) is 12.2. The van der Waals surface area contributed by atoms with E-state index in [0.29, 0.717) is 6.54 Å². The summed E-state index contributed by atoms with van der Waals surface area (Å²) in [6.07, 6.45) is 2.08. The lowest BCUT2D eigenvalue weighted by Crippen LogP contribution is -2.13. The Morgan fingerprint density at radius 3 is 2.52 bits per heavy atom. The predicted molar refractivity (Wildman–Crippen MR) is 102 cm³/mol. The number of hydrogen-bond donors (Lipinski definition) is 1. The zero-order chi connectivity index (χ0) is 17.6. The molecule has 1 N–H and O–H groups in total. The number of pyridine rings is 1. The van der Waals surface area contributed by atoms with Crippen LogP contribution in [0.25, 0.3) is 5.65 Å². The number of methoxy groups -OCH3 is 1. The Labute approximate surface area is 152 Å². The molecule has 7 heteroatoms. The van der Waals surface area contributed by atoms with Crippen LogP contribution in [0.15, 0.2) is 47.5 Å². The maximum absolute atomic E-state index is 5.19. The van der Waals surface area contributed by atoms with Gasteiger partial charge in [0.2, 0.25) is 5.95 Å². The molecular weight excluding hydrogens is 334 g/mol. The van der Waals surface area contributed by atoms with Crippen LogP contribution in [0.3, 0.4) is 0 Å². The molecule has 0 atom stereocenters. The van der Waals surface area contributed by atoms with Gasteiger partial charge < -0.3 is 10.1 Å². The summed E-state index contributed by atoms with van der Waals surface area (Å²) in [6, 6.07) is 12.1. The van der Waals surface area contributed by atoms with Crippen LogP contribution in [0.2, 0.25) is 0 Å². The van der Waals surface area contributed by atoms with Crippen molar-refractivity contribution < 1.29 is 4.74 Å². The van der Waals surface area contributed by atoms with Crippen molar-refractivity contribution in [2.75, 3.05) is 25.5 Å². The molecule has 132 valence electrons. The lowest BCUT2D eigenvalue weighted by Gasteiger charge is -2.16. The van der Waals surface area contributed by atoms with Crippen molar-refractivity contribution in [2.45, 2.75) is 25.3 Å². The fourth-order valence-electron chi connectivity index (χ4n) is 2.47. The van der Waals surface area contributed by atoms with Crippen LogP contribution in [0.1, 0.15) is 19.4 Å². The van der Waals surface area contributed by atoms with Gasteiger partial charge in [-0.1, -0.05) is 26.0 Å². The molecule has 1 aromatic carbocycles. The molecule has 0 aliphatic heterocycles. The number of anilines is 1.